The molecule has 0 saturated heterocycles. The summed E-state index contributed by atoms with van der Waals surface area (Å²) in [4.78, 5) is 16.7. The molecule has 8 heteroatoms. The normalized spacial score (nSPS) is 10.6. The Morgan fingerprint density at radius 3 is 2.63 bits per heavy atom. The van der Waals surface area contributed by atoms with E-state index in [1.165, 1.54) is 0 Å². The topological polar surface area (TPSA) is 80.6 Å². The Bertz CT molecular complexity index is 1190. The number of hydrogen-bond donors (Lipinski definition) is 2. The van der Waals surface area contributed by atoms with Crippen molar-refractivity contribution in [3.63, 3.8) is 0 Å². The molecule has 0 aliphatic heterocycles. The fourth-order valence-electron chi connectivity index (χ4n) is 2.79. The van der Waals surface area contributed by atoms with Gasteiger partial charge in [-0.3, -0.25) is 10.1 Å². The van der Waals surface area contributed by atoms with Gasteiger partial charge in [0.1, 0.15) is 12.4 Å². The molecule has 0 bridgehead atoms. The molecule has 0 aliphatic carbocycles. The lowest BCUT2D eigenvalue weighted by Gasteiger charge is -2.10. The van der Waals surface area contributed by atoms with E-state index in [0.29, 0.717) is 12.3 Å². The summed E-state index contributed by atoms with van der Waals surface area (Å²) in [6.07, 6.45) is 1.76. The van der Waals surface area contributed by atoms with Crippen molar-refractivity contribution in [2.45, 2.75) is 13.5 Å². The average molecular weight is 417 g/mol. The molecule has 30 heavy (non-hydrogen) atoms. The van der Waals surface area contributed by atoms with E-state index in [4.69, 9.17) is 17.0 Å². The van der Waals surface area contributed by atoms with Gasteiger partial charge in [-0.25, -0.2) is 9.50 Å². The van der Waals surface area contributed by atoms with Crippen molar-refractivity contribution in [1.82, 2.24) is 19.9 Å². The first kappa shape index (κ1) is 19.5. The molecule has 2 aromatic carbocycles. The van der Waals surface area contributed by atoms with Crippen molar-refractivity contribution in [2.24, 2.45) is 0 Å². The van der Waals surface area contributed by atoms with E-state index >= 15 is 0 Å². The van der Waals surface area contributed by atoms with Crippen molar-refractivity contribution in [3.05, 3.63) is 89.9 Å². The monoisotopic (exact) mass is 417 g/mol. The Morgan fingerprint density at radius 1 is 1.10 bits per heavy atom. The molecule has 1 amide bonds. The fraction of sp³-hybridized carbons (Fsp3) is 0.0909. The van der Waals surface area contributed by atoms with Crippen LogP contribution in [0.5, 0.6) is 5.75 Å². The molecule has 0 unspecified atom stereocenters. The second kappa shape index (κ2) is 8.71. The van der Waals surface area contributed by atoms with Gasteiger partial charge < -0.3 is 10.1 Å². The molecule has 0 fully saturated rings. The Kier molecular flexibility index (Phi) is 5.67. The van der Waals surface area contributed by atoms with Gasteiger partial charge in [-0.05, 0) is 55.0 Å². The third-order valence-electron chi connectivity index (χ3n) is 4.28. The van der Waals surface area contributed by atoms with Crippen molar-refractivity contribution in [1.29, 1.82) is 0 Å². The highest BCUT2D eigenvalue weighted by Gasteiger charge is 2.13. The zero-order chi connectivity index (χ0) is 20.9. The molecule has 2 aromatic heterocycles. The summed E-state index contributed by atoms with van der Waals surface area (Å²) in [6.45, 7) is 2.37. The SMILES string of the molecule is Cc1ccn2nc(C(=O)NC(=S)Nc3ccc(OCc4ccccc4)cc3)cc2n1. The lowest BCUT2D eigenvalue weighted by molar-refractivity contribution is 0.0972. The van der Waals surface area contributed by atoms with Gasteiger partial charge in [0.15, 0.2) is 16.5 Å². The highest BCUT2D eigenvalue weighted by atomic mass is 32.1. The minimum atomic E-state index is -0.404. The van der Waals surface area contributed by atoms with Gasteiger partial charge >= 0.3 is 0 Å². The number of nitrogens with zero attached hydrogens (tertiary/aromatic N) is 3. The van der Waals surface area contributed by atoms with Gasteiger partial charge in [-0.15, -0.1) is 0 Å². The number of aromatic nitrogens is 3. The van der Waals surface area contributed by atoms with Crippen LogP contribution in [-0.4, -0.2) is 25.6 Å². The lowest BCUT2D eigenvalue weighted by Crippen LogP contribution is -2.34. The zero-order valence-electron chi connectivity index (χ0n) is 16.2. The van der Waals surface area contributed by atoms with E-state index < -0.39 is 5.91 Å². The van der Waals surface area contributed by atoms with Crippen LogP contribution in [0.1, 0.15) is 21.7 Å². The third-order valence-corrected chi connectivity index (χ3v) is 4.49. The van der Waals surface area contributed by atoms with E-state index in [1.54, 1.807) is 16.8 Å². The van der Waals surface area contributed by atoms with Crippen LogP contribution in [0.25, 0.3) is 5.65 Å². The smallest absolute Gasteiger partial charge is 0.278 e. The summed E-state index contributed by atoms with van der Waals surface area (Å²) in [7, 11) is 0. The molecule has 0 spiro atoms. The van der Waals surface area contributed by atoms with Crippen molar-refractivity contribution in [3.8, 4) is 5.75 Å². The quantitative estimate of drug-likeness (QED) is 0.482. The summed E-state index contributed by atoms with van der Waals surface area (Å²) in [5, 5.41) is 10.00. The Labute approximate surface area is 178 Å². The number of fused-ring (bicyclic) bond motifs is 1. The van der Waals surface area contributed by atoms with Gasteiger partial charge in [0, 0.05) is 23.6 Å². The maximum absolute atomic E-state index is 12.4. The van der Waals surface area contributed by atoms with Crippen molar-refractivity contribution >= 4 is 34.6 Å². The van der Waals surface area contributed by atoms with Crippen molar-refractivity contribution in [2.75, 3.05) is 5.32 Å². The number of ether oxygens (including phenoxy) is 1. The average Bonchev–Trinajstić information content (AvgIpc) is 3.17. The van der Waals surface area contributed by atoms with Crippen LogP contribution in [0.15, 0.2) is 72.9 Å². The van der Waals surface area contributed by atoms with Gasteiger partial charge in [0.2, 0.25) is 0 Å². The number of carbonyl (C=O) groups excluding carboxylic acids is 1. The largest absolute Gasteiger partial charge is 0.489 e. The molecule has 2 N–H and O–H groups in total. The van der Waals surface area contributed by atoms with Gasteiger partial charge in [-0.1, -0.05) is 30.3 Å². The number of thiocarbonyl (C=S) groups is 1. The fourth-order valence-corrected chi connectivity index (χ4v) is 3.00. The number of carbonyl (C=O) groups is 1. The number of amides is 1. The van der Waals surface area contributed by atoms with Crippen LogP contribution >= 0.6 is 12.2 Å². The van der Waals surface area contributed by atoms with E-state index in [1.807, 2.05) is 67.6 Å². The van der Waals surface area contributed by atoms with Crippen LogP contribution < -0.4 is 15.4 Å². The highest BCUT2D eigenvalue weighted by molar-refractivity contribution is 7.80. The van der Waals surface area contributed by atoms with Crippen LogP contribution in [0.2, 0.25) is 0 Å². The van der Waals surface area contributed by atoms with E-state index in [0.717, 1.165) is 22.7 Å². The molecular weight excluding hydrogens is 398 g/mol. The van der Waals surface area contributed by atoms with Crippen LogP contribution in [0, 0.1) is 6.92 Å². The number of rotatable bonds is 5. The Morgan fingerprint density at radius 2 is 1.87 bits per heavy atom. The summed E-state index contributed by atoms with van der Waals surface area (Å²) in [5.74, 6) is 0.338. The molecule has 0 saturated carbocycles. The number of nitrogens with one attached hydrogen (secondary N) is 2. The van der Waals surface area contributed by atoms with E-state index in [-0.39, 0.29) is 10.8 Å². The second-order valence-electron chi connectivity index (χ2n) is 6.61. The summed E-state index contributed by atoms with van der Waals surface area (Å²) < 4.78 is 7.31. The molecule has 7 nitrogen and oxygen atoms in total. The molecule has 0 aliphatic rings. The van der Waals surface area contributed by atoms with E-state index in [2.05, 4.69) is 20.7 Å². The third kappa shape index (κ3) is 4.79. The molecule has 0 atom stereocenters. The Hall–Kier alpha value is -3.78. The predicted molar refractivity (Wildman–Crippen MR) is 119 cm³/mol. The van der Waals surface area contributed by atoms with Crippen LogP contribution in [-0.2, 0) is 6.61 Å². The summed E-state index contributed by atoms with van der Waals surface area (Å²) in [6, 6.07) is 20.7. The van der Waals surface area contributed by atoms with Crippen LogP contribution in [0.3, 0.4) is 0 Å². The number of aryl methyl sites for hydroxylation is 1. The number of benzene rings is 2. The number of anilines is 1. The zero-order valence-corrected chi connectivity index (χ0v) is 17.0. The first-order chi connectivity index (χ1) is 14.6. The molecular formula is C22H19N5O2S. The standard InChI is InChI=1S/C22H19N5O2S/c1-15-11-12-27-20(23-15)13-19(26-27)21(28)25-22(30)24-17-7-9-18(10-8-17)29-14-16-5-3-2-4-6-16/h2-13H,14H2,1H3,(H2,24,25,28,30). The van der Waals surface area contributed by atoms with Crippen LogP contribution in [0.4, 0.5) is 5.69 Å². The minimum Gasteiger partial charge on any atom is -0.489 e. The van der Waals surface area contributed by atoms with Gasteiger partial charge in [0.25, 0.3) is 5.91 Å². The molecule has 4 aromatic rings. The molecule has 0 radical (unpaired) electrons. The summed E-state index contributed by atoms with van der Waals surface area (Å²) >= 11 is 5.24. The second-order valence-corrected chi connectivity index (χ2v) is 7.02. The Balaban J connectivity index is 1.32. The molecule has 2 heterocycles. The minimum absolute atomic E-state index is 0.180. The molecule has 150 valence electrons. The lowest BCUT2D eigenvalue weighted by atomic mass is 10.2. The first-order valence-corrected chi connectivity index (χ1v) is 9.70. The highest BCUT2D eigenvalue weighted by Crippen LogP contribution is 2.17. The van der Waals surface area contributed by atoms with E-state index in [9.17, 15) is 4.79 Å². The van der Waals surface area contributed by atoms with Gasteiger partial charge in [-0.2, -0.15) is 5.10 Å². The maximum atomic E-state index is 12.4. The maximum Gasteiger partial charge on any atom is 0.278 e. The van der Waals surface area contributed by atoms with Crippen molar-refractivity contribution < 1.29 is 9.53 Å². The predicted octanol–water partition coefficient (Wildman–Crippen LogP) is 3.74. The number of hydrogen-bond acceptors (Lipinski definition) is 5. The molecule has 4 rings (SSSR count). The summed E-state index contributed by atoms with van der Waals surface area (Å²) in [5.41, 5.74) is 3.52. The first-order valence-electron chi connectivity index (χ1n) is 9.29. The van der Waals surface area contributed by atoms with Gasteiger partial charge in [0.05, 0.1) is 0 Å².